The fraction of sp³-hybridized carbons (Fsp3) is 0.421. The van der Waals surface area contributed by atoms with E-state index in [1.807, 2.05) is 0 Å². The van der Waals surface area contributed by atoms with Crippen LogP contribution in [0.1, 0.15) is 12.5 Å². The Bertz CT molecular complexity index is 723. The lowest BCUT2D eigenvalue weighted by Gasteiger charge is -2.34. The first-order valence-corrected chi connectivity index (χ1v) is 8.54. The molecule has 0 unspecified atom stereocenters. The molecule has 8 heteroatoms. The van der Waals surface area contributed by atoms with E-state index in [1.165, 1.54) is 20.1 Å². The average molecular weight is 376 g/mol. The highest BCUT2D eigenvalue weighted by Gasteiger charge is 2.22. The van der Waals surface area contributed by atoms with Crippen LogP contribution in [0.2, 0.25) is 0 Å². The zero-order valence-electron chi connectivity index (χ0n) is 15.8. The van der Waals surface area contributed by atoms with E-state index in [0.29, 0.717) is 37.7 Å². The van der Waals surface area contributed by atoms with Crippen molar-refractivity contribution in [3.63, 3.8) is 0 Å². The molecule has 1 heterocycles. The van der Waals surface area contributed by atoms with Crippen LogP contribution in [0.15, 0.2) is 24.3 Å². The summed E-state index contributed by atoms with van der Waals surface area (Å²) in [4.78, 5) is 38.5. The predicted octanol–water partition coefficient (Wildman–Crippen LogP) is 0.951. The molecule has 1 aromatic carbocycles. The smallest absolute Gasteiger partial charge is 0.331 e. The summed E-state index contributed by atoms with van der Waals surface area (Å²) in [6.45, 7) is 3.05. The molecule has 27 heavy (non-hydrogen) atoms. The summed E-state index contributed by atoms with van der Waals surface area (Å²) in [6, 6.07) is 5.22. The van der Waals surface area contributed by atoms with Gasteiger partial charge in [-0.1, -0.05) is 6.07 Å². The fourth-order valence-corrected chi connectivity index (χ4v) is 2.66. The molecule has 1 fully saturated rings. The van der Waals surface area contributed by atoms with Crippen LogP contribution in [0.25, 0.3) is 6.08 Å². The average Bonchev–Trinajstić information content (AvgIpc) is 2.70. The third-order valence-corrected chi connectivity index (χ3v) is 4.24. The highest BCUT2D eigenvalue weighted by atomic mass is 16.5. The molecule has 1 aliphatic heterocycles. The van der Waals surface area contributed by atoms with E-state index >= 15 is 0 Å². The maximum Gasteiger partial charge on any atom is 0.331 e. The van der Waals surface area contributed by atoms with Gasteiger partial charge in [-0.05, 0) is 23.8 Å². The van der Waals surface area contributed by atoms with Crippen molar-refractivity contribution in [3.05, 3.63) is 29.8 Å². The highest BCUT2D eigenvalue weighted by Crippen LogP contribution is 2.27. The topological polar surface area (TPSA) is 85.4 Å². The molecule has 146 valence electrons. The molecular formula is C19H24N2O6. The van der Waals surface area contributed by atoms with Gasteiger partial charge in [-0.25, -0.2) is 4.79 Å². The summed E-state index contributed by atoms with van der Waals surface area (Å²) >= 11 is 0. The van der Waals surface area contributed by atoms with Crippen LogP contribution >= 0.6 is 0 Å². The zero-order chi connectivity index (χ0) is 19.8. The Balaban J connectivity index is 1.81. The number of carbonyl (C=O) groups is 3. The molecule has 1 saturated heterocycles. The van der Waals surface area contributed by atoms with E-state index in [2.05, 4.69) is 0 Å². The van der Waals surface area contributed by atoms with Crippen molar-refractivity contribution in [2.45, 2.75) is 6.92 Å². The second kappa shape index (κ2) is 9.61. The van der Waals surface area contributed by atoms with Gasteiger partial charge in [0.15, 0.2) is 18.1 Å². The number of ether oxygens (including phenoxy) is 3. The van der Waals surface area contributed by atoms with Crippen LogP contribution in [-0.2, 0) is 19.1 Å². The van der Waals surface area contributed by atoms with Crippen molar-refractivity contribution >= 4 is 23.9 Å². The molecule has 0 atom stereocenters. The van der Waals surface area contributed by atoms with E-state index in [1.54, 1.807) is 41.2 Å². The first kappa shape index (κ1) is 20.3. The Hall–Kier alpha value is -3.03. The van der Waals surface area contributed by atoms with Gasteiger partial charge in [-0.15, -0.1) is 0 Å². The standard InChI is InChI=1S/C19H24N2O6/c1-14(22)20-8-10-21(11-9-20)18(23)13-27-19(24)7-5-15-4-6-16(25-2)17(12-15)26-3/h4-7,12H,8-11,13H2,1-3H3/b7-5+. The molecule has 2 rings (SSSR count). The summed E-state index contributed by atoms with van der Waals surface area (Å²) in [5.74, 6) is 0.251. The van der Waals surface area contributed by atoms with Crippen LogP contribution in [0.3, 0.4) is 0 Å². The Morgan fingerprint density at radius 2 is 1.63 bits per heavy atom. The maximum absolute atomic E-state index is 12.1. The van der Waals surface area contributed by atoms with Gasteiger partial charge < -0.3 is 24.0 Å². The number of hydrogen-bond acceptors (Lipinski definition) is 6. The second-order valence-corrected chi connectivity index (χ2v) is 5.94. The van der Waals surface area contributed by atoms with E-state index in [4.69, 9.17) is 14.2 Å². The quantitative estimate of drug-likeness (QED) is 0.543. The first-order valence-electron chi connectivity index (χ1n) is 8.54. The van der Waals surface area contributed by atoms with Crippen LogP contribution < -0.4 is 9.47 Å². The third-order valence-electron chi connectivity index (χ3n) is 4.24. The Morgan fingerprint density at radius 3 is 2.22 bits per heavy atom. The number of amides is 2. The van der Waals surface area contributed by atoms with Gasteiger partial charge in [-0.2, -0.15) is 0 Å². The molecule has 0 radical (unpaired) electrons. The summed E-state index contributed by atoms with van der Waals surface area (Å²) in [6.07, 6.45) is 2.82. The van der Waals surface area contributed by atoms with Crippen molar-refractivity contribution < 1.29 is 28.6 Å². The number of nitrogens with zero attached hydrogens (tertiary/aromatic N) is 2. The van der Waals surface area contributed by atoms with Gasteiger partial charge in [0.05, 0.1) is 14.2 Å². The minimum atomic E-state index is -0.611. The molecule has 1 aliphatic rings. The molecule has 0 saturated carbocycles. The Kier molecular flexibility index (Phi) is 7.22. The van der Waals surface area contributed by atoms with Crippen molar-refractivity contribution in [2.75, 3.05) is 47.0 Å². The lowest BCUT2D eigenvalue weighted by atomic mass is 10.2. The summed E-state index contributed by atoms with van der Waals surface area (Å²) in [7, 11) is 3.07. The SMILES string of the molecule is COc1ccc(/C=C/C(=O)OCC(=O)N2CCN(C(C)=O)CC2)cc1OC. The van der Waals surface area contributed by atoms with E-state index in [9.17, 15) is 14.4 Å². The van der Waals surface area contributed by atoms with Crippen molar-refractivity contribution in [2.24, 2.45) is 0 Å². The van der Waals surface area contributed by atoms with Gasteiger partial charge in [0.25, 0.3) is 5.91 Å². The first-order chi connectivity index (χ1) is 12.9. The number of carbonyl (C=O) groups excluding carboxylic acids is 3. The van der Waals surface area contributed by atoms with Crippen LogP contribution in [0.5, 0.6) is 11.5 Å². The van der Waals surface area contributed by atoms with Gasteiger partial charge >= 0.3 is 5.97 Å². The van der Waals surface area contributed by atoms with Gasteiger partial charge in [0.1, 0.15) is 0 Å². The van der Waals surface area contributed by atoms with Crippen molar-refractivity contribution in [1.82, 2.24) is 9.80 Å². The second-order valence-electron chi connectivity index (χ2n) is 5.94. The molecule has 2 amide bonds. The minimum Gasteiger partial charge on any atom is -0.493 e. The van der Waals surface area contributed by atoms with E-state index in [-0.39, 0.29) is 18.4 Å². The van der Waals surface area contributed by atoms with Crippen LogP contribution in [-0.4, -0.2) is 74.6 Å². The normalized spacial score (nSPS) is 14.2. The van der Waals surface area contributed by atoms with E-state index < -0.39 is 5.97 Å². The summed E-state index contributed by atoms with van der Waals surface area (Å²) in [5.41, 5.74) is 0.733. The lowest BCUT2D eigenvalue weighted by molar-refractivity contribution is -0.149. The lowest BCUT2D eigenvalue weighted by Crippen LogP contribution is -2.51. The monoisotopic (exact) mass is 376 g/mol. The zero-order valence-corrected chi connectivity index (χ0v) is 15.8. The Labute approximate surface area is 158 Å². The molecule has 0 aromatic heterocycles. The predicted molar refractivity (Wildman–Crippen MR) is 98.4 cm³/mol. The molecule has 0 bridgehead atoms. The number of piperazine rings is 1. The fourth-order valence-electron chi connectivity index (χ4n) is 2.66. The minimum absolute atomic E-state index is 0.00572. The van der Waals surface area contributed by atoms with Gasteiger partial charge in [-0.3, -0.25) is 9.59 Å². The molecule has 8 nitrogen and oxygen atoms in total. The van der Waals surface area contributed by atoms with E-state index in [0.717, 1.165) is 5.56 Å². The molecule has 0 N–H and O–H groups in total. The van der Waals surface area contributed by atoms with Gasteiger partial charge in [0.2, 0.25) is 5.91 Å². The number of methoxy groups -OCH3 is 2. The molecule has 0 spiro atoms. The number of benzene rings is 1. The number of esters is 1. The van der Waals surface area contributed by atoms with Crippen molar-refractivity contribution in [1.29, 1.82) is 0 Å². The maximum atomic E-state index is 12.1. The number of hydrogen-bond donors (Lipinski definition) is 0. The van der Waals surface area contributed by atoms with Crippen LogP contribution in [0, 0.1) is 0 Å². The summed E-state index contributed by atoms with van der Waals surface area (Å²) in [5, 5.41) is 0. The molecular weight excluding hydrogens is 352 g/mol. The largest absolute Gasteiger partial charge is 0.493 e. The Morgan fingerprint density at radius 1 is 1.00 bits per heavy atom. The number of rotatable bonds is 6. The molecule has 0 aliphatic carbocycles. The van der Waals surface area contributed by atoms with Crippen molar-refractivity contribution in [3.8, 4) is 11.5 Å². The third kappa shape index (κ3) is 5.73. The van der Waals surface area contributed by atoms with Crippen LogP contribution in [0.4, 0.5) is 0 Å². The summed E-state index contributed by atoms with van der Waals surface area (Å²) < 4.78 is 15.4. The van der Waals surface area contributed by atoms with Gasteiger partial charge in [0, 0.05) is 39.2 Å². The molecule has 1 aromatic rings. The highest BCUT2D eigenvalue weighted by molar-refractivity contribution is 5.89.